The molecular formula is C14H11BN4O3. The van der Waals surface area contributed by atoms with Gasteiger partial charge in [-0.15, -0.1) is 10.2 Å². The van der Waals surface area contributed by atoms with Gasteiger partial charge in [-0.25, -0.2) is 0 Å². The Kier molecular flexibility index (Phi) is 3.10. The molecule has 0 amide bonds. The van der Waals surface area contributed by atoms with Crippen LogP contribution in [-0.4, -0.2) is 32.8 Å². The van der Waals surface area contributed by atoms with Gasteiger partial charge in [0.05, 0.1) is 6.61 Å². The van der Waals surface area contributed by atoms with Gasteiger partial charge in [0.15, 0.2) is 0 Å². The number of hydrogen-bond acceptors (Lipinski definition) is 6. The van der Waals surface area contributed by atoms with Crippen LogP contribution < -0.4 is 10.2 Å². The van der Waals surface area contributed by atoms with Gasteiger partial charge < -0.3 is 14.4 Å². The minimum absolute atomic E-state index is 0.393. The summed E-state index contributed by atoms with van der Waals surface area (Å²) in [5, 5.41) is 23.4. The smallest absolute Gasteiger partial charge is 0.457 e. The van der Waals surface area contributed by atoms with Crippen LogP contribution in [0, 0.1) is 0 Å². The quantitative estimate of drug-likeness (QED) is 0.696. The van der Waals surface area contributed by atoms with Gasteiger partial charge >= 0.3 is 7.12 Å². The lowest BCUT2D eigenvalue weighted by Gasteiger charge is -2.07. The third-order valence-electron chi connectivity index (χ3n) is 3.47. The Bertz CT molecular complexity index is 792. The molecule has 2 aromatic carbocycles. The van der Waals surface area contributed by atoms with Crippen molar-refractivity contribution in [2.24, 2.45) is 0 Å². The van der Waals surface area contributed by atoms with Crippen LogP contribution in [0.2, 0.25) is 0 Å². The minimum Gasteiger partial charge on any atom is -0.457 e. The predicted molar refractivity (Wildman–Crippen MR) is 78.5 cm³/mol. The number of hydrogen-bond donors (Lipinski definition) is 2. The molecule has 8 heteroatoms. The van der Waals surface area contributed by atoms with Crippen LogP contribution in [0.3, 0.4) is 0 Å². The number of rotatable bonds is 3. The number of fused-ring (bicyclic) bond motifs is 1. The molecule has 0 spiro atoms. The molecule has 0 atom stereocenters. The number of tetrazole rings is 1. The van der Waals surface area contributed by atoms with E-state index in [1.807, 2.05) is 42.5 Å². The molecule has 0 bridgehead atoms. The highest BCUT2D eigenvalue weighted by Crippen LogP contribution is 2.25. The first kappa shape index (κ1) is 13.0. The first-order chi connectivity index (χ1) is 10.8. The molecule has 0 saturated heterocycles. The van der Waals surface area contributed by atoms with Gasteiger partial charge in [-0.05, 0) is 52.6 Å². The summed E-state index contributed by atoms with van der Waals surface area (Å²) in [5.74, 6) is 1.94. The first-order valence-electron chi connectivity index (χ1n) is 6.74. The fourth-order valence-electron chi connectivity index (χ4n) is 2.36. The lowest BCUT2D eigenvalue weighted by atomic mass is 9.80. The van der Waals surface area contributed by atoms with Gasteiger partial charge in [0.1, 0.15) is 11.5 Å². The largest absolute Gasteiger partial charge is 0.491 e. The molecule has 0 radical (unpaired) electrons. The zero-order chi connectivity index (χ0) is 14.9. The third kappa shape index (κ3) is 2.34. The second-order valence-electron chi connectivity index (χ2n) is 4.89. The molecule has 0 fully saturated rings. The number of aromatic amines is 1. The first-order valence-corrected chi connectivity index (χ1v) is 6.74. The number of ether oxygens (including phenoxy) is 1. The zero-order valence-electron chi connectivity index (χ0n) is 11.4. The summed E-state index contributed by atoms with van der Waals surface area (Å²) >= 11 is 0. The van der Waals surface area contributed by atoms with E-state index in [-0.39, 0.29) is 0 Å². The molecule has 1 aromatic heterocycles. The number of nitrogens with one attached hydrogen (secondary N) is 1. The van der Waals surface area contributed by atoms with Crippen LogP contribution in [0.5, 0.6) is 11.5 Å². The maximum absolute atomic E-state index is 9.60. The molecule has 22 heavy (non-hydrogen) atoms. The van der Waals surface area contributed by atoms with Crippen LogP contribution in [0.4, 0.5) is 0 Å². The van der Waals surface area contributed by atoms with Crippen molar-refractivity contribution in [3.8, 4) is 22.9 Å². The van der Waals surface area contributed by atoms with Crippen molar-refractivity contribution in [2.45, 2.75) is 6.61 Å². The summed E-state index contributed by atoms with van der Waals surface area (Å²) < 4.78 is 11.0. The van der Waals surface area contributed by atoms with Crippen molar-refractivity contribution in [3.05, 3.63) is 48.0 Å². The maximum Gasteiger partial charge on any atom is 0.491 e. The summed E-state index contributed by atoms with van der Waals surface area (Å²) in [7, 11) is -0.835. The SMILES string of the molecule is OB1OCc2cc(Oc3ccc(-c4nn[nH]n4)cc3)ccc21. The fourth-order valence-corrected chi connectivity index (χ4v) is 2.36. The molecule has 1 aliphatic rings. The van der Waals surface area contributed by atoms with Crippen LogP contribution >= 0.6 is 0 Å². The highest BCUT2D eigenvalue weighted by molar-refractivity contribution is 6.61. The molecule has 1 aliphatic heterocycles. The summed E-state index contributed by atoms with van der Waals surface area (Å²) in [6.07, 6.45) is 0. The van der Waals surface area contributed by atoms with E-state index in [9.17, 15) is 5.02 Å². The molecule has 4 rings (SSSR count). The highest BCUT2D eigenvalue weighted by Gasteiger charge is 2.27. The van der Waals surface area contributed by atoms with Crippen molar-refractivity contribution in [2.75, 3.05) is 0 Å². The van der Waals surface area contributed by atoms with Gasteiger partial charge in [-0.2, -0.15) is 5.21 Å². The van der Waals surface area contributed by atoms with Crippen molar-refractivity contribution >= 4 is 12.6 Å². The standard InChI is InChI=1S/C14H11BN4O3/c20-15-13-6-5-12(7-10(13)8-21-15)22-11-3-1-9(2-4-11)14-16-18-19-17-14/h1-7,20H,8H2,(H,16,17,18,19). The number of benzene rings is 2. The molecule has 0 saturated carbocycles. The third-order valence-corrected chi connectivity index (χ3v) is 3.47. The monoisotopic (exact) mass is 294 g/mol. The predicted octanol–water partition coefficient (Wildman–Crippen LogP) is 0.877. The van der Waals surface area contributed by atoms with Gasteiger partial charge in [0.25, 0.3) is 0 Å². The zero-order valence-corrected chi connectivity index (χ0v) is 11.4. The van der Waals surface area contributed by atoms with E-state index >= 15 is 0 Å². The Hall–Kier alpha value is -2.71. The van der Waals surface area contributed by atoms with E-state index in [0.29, 0.717) is 23.9 Å². The van der Waals surface area contributed by atoms with E-state index in [1.54, 1.807) is 0 Å². The topological polar surface area (TPSA) is 93.1 Å². The van der Waals surface area contributed by atoms with Gasteiger partial charge in [-0.3, -0.25) is 0 Å². The Balaban J connectivity index is 1.54. The average Bonchev–Trinajstić information content (AvgIpc) is 3.19. The highest BCUT2D eigenvalue weighted by atomic mass is 16.5. The van der Waals surface area contributed by atoms with E-state index in [2.05, 4.69) is 20.6 Å². The molecule has 0 aliphatic carbocycles. The van der Waals surface area contributed by atoms with Crippen molar-refractivity contribution in [1.29, 1.82) is 0 Å². The number of aromatic nitrogens is 4. The molecular weight excluding hydrogens is 283 g/mol. The Morgan fingerprint density at radius 1 is 1.14 bits per heavy atom. The molecule has 2 heterocycles. The Morgan fingerprint density at radius 2 is 1.95 bits per heavy atom. The molecule has 108 valence electrons. The summed E-state index contributed by atoms with van der Waals surface area (Å²) in [4.78, 5) is 0. The fraction of sp³-hybridized carbons (Fsp3) is 0.0714. The molecule has 7 nitrogen and oxygen atoms in total. The van der Waals surface area contributed by atoms with E-state index in [1.165, 1.54) is 0 Å². The van der Waals surface area contributed by atoms with Gasteiger partial charge in [0, 0.05) is 5.56 Å². The van der Waals surface area contributed by atoms with E-state index < -0.39 is 7.12 Å². The lowest BCUT2D eigenvalue weighted by molar-refractivity contribution is 0.275. The van der Waals surface area contributed by atoms with E-state index in [4.69, 9.17) is 9.39 Å². The van der Waals surface area contributed by atoms with Crippen LogP contribution in [0.1, 0.15) is 5.56 Å². The van der Waals surface area contributed by atoms with E-state index in [0.717, 1.165) is 16.6 Å². The van der Waals surface area contributed by atoms with Crippen molar-refractivity contribution < 1.29 is 14.4 Å². The molecule has 2 N–H and O–H groups in total. The summed E-state index contributed by atoms with van der Waals surface area (Å²) in [6.45, 7) is 0.393. The maximum atomic E-state index is 9.60. The van der Waals surface area contributed by atoms with Crippen molar-refractivity contribution in [1.82, 2.24) is 20.6 Å². The van der Waals surface area contributed by atoms with Crippen LogP contribution in [0.25, 0.3) is 11.4 Å². The average molecular weight is 294 g/mol. The minimum atomic E-state index is -0.835. The lowest BCUT2D eigenvalue weighted by Crippen LogP contribution is -2.27. The van der Waals surface area contributed by atoms with Crippen molar-refractivity contribution in [3.63, 3.8) is 0 Å². The number of nitrogens with zero attached hydrogens (tertiary/aromatic N) is 3. The molecule has 3 aromatic rings. The van der Waals surface area contributed by atoms with Crippen LogP contribution in [-0.2, 0) is 11.3 Å². The van der Waals surface area contributed by atoms with Gasteiger partial charge in [-0.1, -0.05) is 6.07 Å². The summed E-state index contributed by atoms with van der Waals surface area (Å²) in [5.41, 5.74) is 2.58. The number of H-pyrrole nitrogens is 1. The Morgan fingerprint density at radius 3 is 2.73 bits per heavy atom. The van der Waals surface area contributed by atoms with Gasteiger partial charge in [0.2, 0.25) is 5.82 Å². The normalized spacial score (nSPS) is 13.2. The second kappa shape index (κ2) is 5.25. The second-order valence-corrected chi connectivity index (χ2v) is 4.89. The summed E-state index contributed by atoms with van der Waals surface area (Å²) in [6, 6.07) is 12.9. The molecule has 0 unspecified atom stereocenters. The Labute approximate surface area is 126 Å². The van der Waals surface area contributed by atoms with Crippen LogP contribution in [0.15, 0.2) is 42.5 Å².